The smallest absolute Gasteiger partial charge is 0.0233 e. The van der Waals surface area contributed by atoms with Crippen molar-refractivity contribution >= 4 is 0 Å². The van der Waals surface area contributed by atoms with Gasteiger partial charge in [-0.15, -0.1) is 0 Å². The van der Waals surface area contributed by atoms with Crippen LogP contribution in [0.25, 0.3) is 0 Å². The zero-order valence-corrected chi connectivity index (χ0v) is 14.1. The van der Waals surface area contributed by atoms with Gasteiger partial charge in [-0.2, -0.15) is 0 Å². The van der Waals surface area contributed by atoms with Crippen molar-refractivity contribution in [2.45, 2.75) is 65.6 Å². The molecule has 0 spiro atoms. The summed E-state index contributed by atoms with van der Waals surface area (Å²) >= 11 is 0. The molecule has 1 aliphatic carbocycles. The minimum absolute atomic E-state index is 0.792. The van der Waals surface area contributed by atoms with Gasteiger partial charge in [0.05, 0.1) is 0 Å². The molecular weight excluding hydrogens is 256 g/mol. The van der Waals surface area contributed by atoms with Crippen molar-refractivity contribution in [2.75, 3.05) is 13.1 Å². The highest BCUT2D eigenvalue weighted by Gasteiger charge is 2.19. The van der Waals surface area contributed by atoms with Crippen LogP contribution in [-0.2, 0) is 13.1 Å². The number of rotatable bonds is 10. The lowest BCUT2D eigenvalue weighted by atomic mass is 10.0. The van der Waals surface area contributed by atoms with E-state index >= 15 is 0 Å². The predicted octanol–water partition coefficient (Wildman–Crippen LogP) is 4.20. The molecule has 0 radical (unpaired) electrons. The summed E-state index contributed by atoms with van der Waals surface area (Å²) in [6.45, 7) is 11.4. The largest absolute Gasteiger partial charge is 0.310 e. The third-order valence-electron chi connectivity index (χ3n) is 4.72. The zero-order chi connectivity index (χ0) is 15.1. The molecule has 2 heteroatoms. The normalized spacial score (nSPS) is 15.1. The molecule has 0 bridgehead atoms. The molecule has 0 heterocycles. The highest BCUT2D eigenvalue weighted by atomic mass is 15.1. The SMILES string of the molecule is CCC(CC)CN(CC)Cc1ccc(CNC2CC2)cc1. The van der Waals surface area contributed by atoms with Gasteiger partial charge in [0.15, 0.2) is 0 Å². The standard InChI is InChI=1S/C19H32N2/c1-4-16(5-2)14-21(6-3)15-18-9-7-17(8-10-18)13-20-19-11-12-19/h7-10,16,19-20H,4-6,11-15H2,1-3H3. The van der Waals surface area contributed by atoms with E-state index in [2.05, 4.69) is 55.3 Å². The lowest BCUT2D eigenvalue weighted by Gasteiger charge is -2.25. The monoisotopic (exact) mass is 288 g/mol. The molecule has 2 rings (SSSR count). The number of benzene rings is 1. The molecule has 0 aliphatic heterocycles. The van der Waals surface area contributed by atoms with Crippen LogP contribution in [0.4, 0.5) is 0 Å². The summed E-state index contributed by atoms with van der Waals surface area (Å²) in [6.07, 6.45) is 5.30. The first-order valence-electron chi connectivity index (χ1n) is 8.78. The van der Waals surface area contributed by atoms with Crippen LogP contribution >= 0.6 is 0 Å². The number of hydrogen-bond acceptors (Lipinski definition) is 2. The summed E-state index contributed by atoms with van der Waals surface area (Å²) in [5, 5.41) is 3.58. The average Bonchev–Trinajstić information content (AvgIpc) is 3.35. The van der Waals surface area contributed by atoms with Crippen LogP contribution in [0.2, 0.25) is 0 Å². The van der Waals surface area contributed by atoms with Crippen LogP contribution in [0, 0.1) is 5.92 Å². The Morgan fingerprint density at radius 1 is 1.05 bits per heavy atom. The van der Waals surface area contributed by atoms with Gasteiger partial charge in [-0.3, -0.25) is 4.90 Å². The van der Waals surface area contributed by atoms with Crippen molar-refractivity contribution in [3.63, 3.8) is 0 Å². The molecule has 1 aliphatic rings. The van der Waals surface area contributed by atoms with Gasteiger partial charge in [0, 0.05) is 25.7 Å². The zero-order valence-electron chi connectivity index (χ0n) is 14.1. The Labute approximate surface area is 130 Å². The molecule has 21 heavy (non-hydrogen) atoms. The quantitative estimate of drug-likeness (QED) is 0.694. The van der Waals surface area contributed by atoms with Crippen LogP contribution in [0.15, 0.2) is 24.3 Å². The summed E-state index contributed by atoms with van der Waals surface area (Å²) in [5.74, 6) is 0.840. The summed E-state index contributed by atoms with van der Waals surface area (Å²) in [7, 11) is 0. The molecule has 0 aromatic heterocycles. The van der Waals surface area contributed by atoms with Gasteiger partial charge < -0.3 is 5.32 Å². The first-order valence-corrected chi connectivity index (χ1v) is 8.78. The summed E-state index contributed by atoms with van der Waals surface area (Å²) < 4.78 is 0. The fraction of sp³-hybridized carbons (Fsp3) is 0.684. The molecule has 1 aromatic rings. The van der Waals surface area contributed by atoms with E-state index in [4.69, 9.17) is 0 Å². The minimum atomic E-state index is 0.792. The summed E-state index contributed by atoms with van der Waals surface area (Å²) in [4.78, 5) is 2.58. The first-order chi connectivity index (χ1) is 10.2. The van der Waals surface area contributed by atoms with Crippen molar-refractivity contribution in [3.05, 3.63) is 35.4 Å². The van der Waals surface area contributed by atoms with E-state index < -0.39 is 0 Å². The van der Waals surface area contributed by atoms with Crippen molar-refractivity contribution in [3.8, 4) is 0 Å². The van der Waals surface area contributed by atoms with Crippen LogP contribution in [0.3, 0.4) is 0 Å². The Balaban J connectivity index is 1.81. The molecule has 0 amide bonds. The number of nitrogens with one attached hydrogen (secondary N) is 1. The summed E-state index contributed by atoms with van der Waals surface area (Å²) in [6, 6.07) is 9.98. The third-order valence-corrected chi connectivity index (χ3v) is 4.72. The van der Waals surface area contributed by atoms with Crippen LogP contribution < -0.4 is 5.32 Å². The molecule has 118 valence electrons. The second-order valence-electron chi connectivity index (χ2n) is 6.48. The lowest BCUT2D eigenvalue weighted by molar-refractivity contribution is 0.226. The molecular formula is C19H32N2. The minimum Gasteiger partial charge on any atom is -0.310 e. The Bertz CT molecular complexity index is 391. The highest BCUT2D eigenvalue weighted by Crippen LogP contribution is 2.19. The van der Waals surface area contributed by atoms with Gasteiger partial charge in [0.25, 0.3) is 0 Å². The van der Waals surface area contributed by atoms with Crippen LogP contribution in [0.1, 0.15) is 57.6 Å². The fourth-order valence-corrected chi connectivity index (χ4v) is 2.79. The second-order valence-corrected chi connectivity index (χ2v) is 6.48. The molecule has 0 unspecified atom stereocenters. The maximum absolute atomic E-state index is 3.58. The number of hydrogen-bond donors (Lipinski definition) is 1. The molecule has 0 atom stereocenters. The Morgan fingerprint density at radius 2 is 1.67 bits per heavy atom. The Kier molecular flexibility index (Phi) is 6.72. The average molecular weight is 288 g/mol. The Hall–Kier alpha value is -0.860. The van der Waals surface area contributed by atoms with E-state index in [0.29, 0.717) is 0 Å². The van der Waals surface area contributed by atoms with Gasteiger partial charge in [-0.05, 0) is 36.4 Å². The summed E-state index contributed by atoms with van der Waals surface area (Å²) in [5.41, 5.74) is 2.85. The van der Waals surface area contributed by atoms with E-state index in [-0.39, 0.29) is 0 Å². The van der Waals surface area contributed by atoms with Gasteiger partial charge in [-0.1, -0.05) is 57.9 Å². The highest BCUT2D eigenvalue weighted by molar-refractivity contribution is 5.22. The van der Waals surface area contributed by atoms with Crippen molar-refractivity contribution < 1.29 is 0 Å². The molecule has 1 N–H and O–H groups in total. The molecule has 0 saturated heterocycles. The van der Waals surface area contributed by atoms with E-state index in [1.807, 2.05) is 0 Å². The second kappa shape index (κ2) is 8.55. The number of nitrogens with zero attached hydrogens (tertiary/aromatic N) is 1. The molecule has 2 nitrogen and oxygen atoms in total. The van der Waals surface area contributed by atoms with E-state index in [9.17, 15) is 0 Å². The molecule has 1 saturated carbocycles. The fourth-order valence-electron chi connectivity index (χ4n) is 2.79. The van der Waals surface area contributed by atoms with E-state index in [1.54, 1.807) is 0 Å². The van der Waals surface area contributed by atoms with Crippen molar-refractivity contribution in [1.29, 1.82) is 0 Å². The van der Waals surface area contributed by atoms with Gasteiger partial charge in [0.1, 0.15) is 0 Å². The van der Waals surface area contributed by atoms with Gasteiger partial charge in [0.2, 0.25) is 0 Å². The topological polar surface area (TPSA) is 15.3 Å². The predicted molar refractivity (Wildman–Crippen MR) is 91.3 cm³/mol. The van der Waals surface area contributed by atoms with E-state index in [0.717, 1.165) is 31.6 Å². The maximum Gasteiger partial charge on any atom is 0.0233 e. The molecule has 1 aromatic carbocycles. The van der Waals surface area contributed by atoms with Gasteiger partial charge >= 0.3 is 0 Å². The van der Waals surface area contributed by atoms with E-state index in [1.165, 1.54) is 43.4 Å². The molecule has 1 fully saturated rings. The van der Waals surface area contributed by atoms with Crippen LogP contribution in [-0.4, -0.2) is 24.0 Å². The van der Waals surface area contributed by atoms with Crippen LogP contribution in [0.5, 0.6) is 0 Å². The Morgan fingerprint density at radius 3 is 2.19 bits per heavy atom. The first kappa shape index (κ1) is 16.5. The van der Waals surface area contributed by atoms with Crippen molar-refractivity contribution in [2.24, 2.45) is 5.92 Å². The van der Waals surface area contributed by atoms with Gasteiger partial charge in [-0.25, -0.2) is 0 Å². The maximum atomic E-state index is 3.58. The van der Waals surface area contributed by atoms with Crippen molar-refractivity contribution in [1.82, 2.24) is 10.2 Å². The third kappa shape index (κ3) is 5.80. The lowest BCUT2D eigenvalue weighted by Crippen LogP contribution is -2.28.